The average Bonchev–Trinajstić information content (AvgIpc) is 2.80. The van der Waals surface area contributed by atoms with Crippen LogP contribution in [0.2, 0.25) is 0 Å². The number of hydrogen-bond donors (Lipinski definition) is 2. The second-order valence-corrected chi connectivity index (χ2v) is 6.11. The third kappa shape index (κ3) is 5.03. The SMILES string of the molecule is CCc1ccc(CNC(=O)C(NC(C)=O)C(C)C)s1. The van der Waals surface area contributed by atoms with E-state index < -0.39 is 6.04 Å². The Hall–Kier alpha value is -1.36. The van der Waals surface area contributed by atoms with Crippen LogP contribution in [0.15, 0.2) is 12.1 Å². The Morgan fingerprint density at radius 3 is 2.37 bits per heavy atom. The van der Waals surface area contributed by atoms with Crippen molar-refractivity contribution in [2.45, 2.75) is 46.7 Å². The smallest absolute Gasteiger partial charge is 0.243 e. The molecule has 0 spiro atoms. The van der Waals surface area contributed by atoms with E-state index in [0.717, 1.165) is 11.3 Å². The van der Waals surface area contributed by atoms with Gasteiger partial charge in [0.25, 0.3) is 0 Å². The van der Waals surface area contributed by atoms with Gasteiger partial charge in [-0.3, -0.25) is 9.59 Å². The molecule has 0 aromatic carbocycles. The summed E-state index contributed by atoms with van der Waals surface area (Å²) in [5, 5.41) is 5.56. The van der Waals surface area contributed by atoms with E-state index in [4.69, 9.17) is 0 Å². The molecule has 0 radical (unpaired) electrons. The lowest BCUT2D eigenvalue weighted by atomic mass is 10.0. The maximum Gasteiger partial charge on any atom is 0.243 e. The van der Waals surface area contributed by atoms with Gasteiger partial charge in [0, 0.05) is 16.7 Å². The molecule has 0 aliphatic carbocycles. The fourth-order valence-electron chi connectivity index (χ4n) is 1.75. The van der Waals surface area contributed by atoms with Crippen molar-refractivity contribution in [2.75, 3.05) is 0 Å². The summed E-state index contributed by atoms with van der Waals surface area (Å²) in [7, 11) is 0. The molecule has 1 heterocycles. The van der Waals surface area contributed by atoms with Crippen LogP contribution in [0.5, 0.6) is 0 Å². The Morgan fingerprint density at radius 2 is 1.89 bits per heavy atom. The average molecular weight is 282 g/mol. The Balaban J connectivity index is 2.54. The molecule has 4 nitrogen and oxygen atoms in total. The highest BCUT2D eigenvalue weighted by Gasteiger charge is 2.22. The molecule has 1 aromatic heterocycles. The quantitative estimate of drug-likeness (QED) is 0.839. The van der Waals surface area contributed by atoms with Gasteiger partial charge in [0.15, 0.2) is 0 Å². The van der Waals surface area contributed by atoms with Crippen LogP contribution >= 0.6 is 11.3 Å². The topological polar surface area (TPSA) is 58.2 Å². The molecule has 1 atom stereocenters. The minimum absolute atomic E-state index is 0.0680. The van der Waals surface area contributed by atoms with Crippen LogP contribution in [0.25, 0.3) is 0 Å². The van der Waals surface area contributed by atoms with Gasteiger partial charge in [-0.15, -0.1) is 11.3 Å². The molecule has 0 fully saturated rings. The zero-order valence-electron chi connectivity index (χ0n) is 11.9. The Kier molecular flexibility index (Phi) is 6.02. The molecule has 19 heavy (non-hydrogen) atoms. The molecular formula is C14H22N2O2S. The first-order chi connectivity index (χ1) is 8.93. The van der Waals surface area contributed by atoms with Gasteiger partial charge < -0.3 is 10.6 Å². The normalized spacial score (nSPS) is 12.3. The first kappa shape index (κ1) is 15.7. The van der Waals surface area contributed by atoms with E-state index in [2.05, 4.69) is 23.6 Å². The summed E-state index contributed by atoms with van der Waals surface area (Å²) >= 11 is 1.71. The Morgan fingerprint density at radius 1 is 1.26 bits per heavy atom. The number of carbonyl (C=O) groups is 2. The number of aryl methyl sites for hydroxylation is 1. The minimum Gasteiger partial charge on any atom is -0.349 e. The molecule has 0 bridgehead atoms. The van der Waals surface area contributed by atoms with E-state index in [9.17, 15) is 9.59 Å². The van der Waals surface area contributed by atoms with Gasteiger partial charge in [-0.2, -0.15) is 0 Å². The van der Waals surface area contributed by atoms with E-state index in [1.807, 2.05) is 19.9 Å². The van der Waals surface area contributed by atoms with Gasteiger partial charge in [0.05, 0.1) is 6.54 Å². The zero-order chi connectivity index (χ0) is 14.4. The summed E-state index contributed by atoms with van der Waals surface area (Å²) in [6, 6.07) is 3.65. The summed E-state index contributed by atoms with van der Waals surface area (Å²) in [6.45, 7) is 7.89. The van der Waals surface area contributed by atoms with Crippen LogP contribution < -0.4 is 10.6 Å². The van der Waals surface area contributed by atoms with E-state index in [-0.39, 0.29) is 17.7 Å². The van der Waals surface area contributed by atoms with Gasteiger partial charge in [0.1, 0.15) is 6.04 Å². The molecule has 1 rings (SSSR count). The Labute approximate surface area is 118 Å². The van der Waals surface area contributed by atoms with Gasteiger partial charge in [-0.1, -0.05) is 20.8 Å². The summed E-state index contributed by atoms with van der Waals surface area (Å²) in [5.74, 6) is -0.242. The van der Waals surface area contributed by atoms with Crippen molar-refractivity contribution in [3.05, 3.63) is 21.9 Å². The first-order valence-electron chi connectivity index (χ1n) is 6.56. The van der Waals surface area contributed by atoms with Gasteiger partial charge in [0.2, 0.25) is 11.8 Å². The molecule has 5 heteroatoms. The summed E-state index contributed by atoms with van der Waals surface area (Å²) in [5.41, 5.74) is 0. The maximum atomic E-state index is 12.0. The molecule has 2 N–H and O–H groups in total. The number of rotatable bonds is 6. The first-order valence-corrected chi connectivity index (χ1v) is 7.38. The maximum absolute atomic E-state index is 12.0. The fraction of sp³-hybridized carbons (Fsp3) is 0.571. The highest BCUT2D eigenvalue weighted by atomic mass is 32.1. The highest BCUT2D eigenvalue weighted by molar-refractivity contribution is 7.11. The molecule has 0 saturated heterocycles. The van der Waals surface area contributed by atoms with Crippen molar-refractivity contribution < 1.29 is 9.59 Å². The van der Waals surface area contributed by atoms with Crippen molar-refractivity contribution in [2.24, 2.45) is 5.92 Å². The predicted molar refractivity (Wildman–Crippen MR) is 78.0 cm³/mol. The molecule has 1 aromatic rings. The van der Waals surface area contributed by atoms with Crippen LogP contribution in [0.1, 0.15) is 37.4 Å². The van der Waals surface area contributed by atoms with E-state index >= 15 is 0 Å². The standard InChI is InChI=1S/C14H22N2O2S/c1-5-11-6-7-12(19-11)8-15-14(18)13(9(2)3)16-10(4)17/h6-7,9,13H,5,8H2,1-4H3,(H,15,18)(H,16,17). The summed E-state index contributed by atoms with van der Waals surface area (Å²) < 4.78 is 0. The molecule has 0 aliphatic rings. The van der Waals surface area contributed by atoms with Crippen molar-refractivity contribution >= 4 is 23.2 Å². The highest BCUT2D eigenvalue weighted by Crippen LogP contribution is 2.16. The summed E-state index contributed by atoms with van der Waals surface area (Å²) in [4.78, 5) is 25.6. The number of nitrogens with one attached hydrogen (secondary N) is 2. The minimum atomic E-state index is -0.469. The fourth-order valence-corrected chi connectivity index (χ4v) is 2.64. The van der Waals surface area contributed by atoms with Gasteiger partial charge in [-0.05, 0) is 24.5 Å². The number of hydrogen-bond acceptors (Lipinski definition) is 3. The lowest BCUT2D eigenvalue weighted by Gasteiger charge is -2.20. The molecule has 2 amide bonds. The van der Waals surface area contributed by atoms with Crippen LogP contribution in [-0.2, 0) is 22.6 Å². The molecule has 1 unspecified atom stereocenters. The predicted octanol–water partition coefficient (Wildman–Crippen LogP) is 2.09. The van der Waals surface area contributed by atoms with Gasteiger partial charge in [-0.25, -0.2) is 0 Å². The molecule has 0 aliphatic heterocycles. The Bertz CT molecular complexity index is 440. The second-order valence-electron chi connectivity index (χ2n) is 4.86. The van der Waals surface area contributed by atoms with E-state index in [1.165, 1.54) is 11.8 Å². The third-order valence-corrected chi connectivity index (χ3v) is 4.04. The van der Waals surface area contributed by atoms with Crippen LogP contribution in [0, 0.1) is 5.92 Å². The number of thiophene rings is 1. The van der Waals surface area contributed by atoms with Crippen LogP contribution in [0.3, 0.4) is 0 Å². The van der Waals surface area contributed by atoms with Crippen molar-refractivity contribution in [1.29, 1.82) is 0 Å². The third-order valence-electron chi connectivity index (χ3n) is 2.81. The van der Waals surface area contributed by atoms with Crippen LogP contribution in [0.4, 0.5) is 0 Å². The molecular weight excluding hydrogens is 260 g/mol. The van der Waals surface area contributed by atoms with E-state index in [0.29, 0.717) is 6.54 Å². The number of carbonyl (C=O) groups excluding carboxylic acids is 2. The molecule has 0 saturated carbocycles. The summed E-state index contributed by atoms with van der Waals surface area (Å²) in [6.07, 6.45) is 1.01. The second kappa shape index (κ2) is 7.28. The van der Waals surface area contributed by atoms with Crippen molar-refractivity contribution in [3.8, 4) is 0 Å². The van der Waals surface area contributed by atoms with Gasteiger partial charge >= 0.3 is 0 Å². The van der Waals surface area contributed by atoms with Crippen molar-refractivity contribution in [3.63, 3.8) is 0 Å². The largest absolute Gasteiger partial charge is 0.349 e. The lowest BCUT2D eigenvalue weighted by Crippen LogP contribution is -2.48. The number of amides is 2. The molecule has 106 valence electrons. The monoisotopic (exact) mass is 282 g/mol. The van der Waals surface area contributed by atoms with E-state index in [1.54, 1.807) is 11.3 Å². The zero-order valence-corrected chi connectivity index (χ0v) is 12.8. The lowest BCUT2D eigenvalue weighted by molar-refractivity contribution is -0.129. The van der Waals surface area contributed by atoms with Crippen molar-refractivity contribution in [1.82, 2.24) is 10.6 Å². The van der Waals surface area contributed by atoms with Crippen LogP contribution in [-0.4, -0.2) is 17.9 Å².